The van der Waals surface area contributed by atoms with Gasteiger partial charge in [-0.2, -0.15) is 0 Å². The van der Waals surface area contributed by atoms with E-state index in [1.165, 1.54) is 23.1 Å². The van der Waals surface area contributed by atoms with E-state index in [9.17, 15) is 9.90 Å². The number of rotatable bonds is 5. The summed E-state index contributed by atoms with van der Waals surface area (Å²) < 4.78 is 6.62. The average Bonchev–Trinajstić information content (AvgIpc) is 2.89. The Labute approximate surface area is 136 Å². The minimum atomic E-state index is -0.901. The van der Waals surface area contributed by atoms with Crippen molar-refractivity contribution in [2.45, 2.75) is 16.7 Å². The van der Waals surface area contributed by atoms with Crippen LogP contribution in [0.4, 0.5) is 0 Å². The summed E-state index contributed by atoms with van der Waals surface area (Å²) in [6.07, 6.45) is 0. The number of aromatic carboxylic acids is 1. The third-order valence-corrected chi connectivity index (χ3v) is 5.48. The molecule has 0 saturated carbocycles. The third kappa shape index (κ3) is 2.82. The molecule has 5 heteroatoms. The molecule has 112 valence electrons. The van der Waals surface area contributed by atoms with Crippen molar-refractivity contribution in [1.82, 2.24) is 0 Å². The number of carbonyl (C=O) groups is 1. The first-order valence-electron chi connectivity index (χ1n) is 6.85. The molecule has 0 radical (unpaired) electrons. The molecule has 0 atom stereocenters. The molecule has 3 nitrogen and oxygen atoms in total. The maximum atomic E-state index is 11.6. The number of hydrogen-bond acceptors (Lipinski definition) is 4. The Hall–Kier alpha value is -1.98. The third-order valence-electron chi connectivity index (χ3n) is 3.09. The molecular weight excluding hydrogens is 316 g/mol. The molecule has 0 spiro atoms. The fourth-order valence-electron chi connectivity index (χ4n) is 2.21. The lowest BCUT2D eigenvalue weighted by Crippen LogP contribution is -1.95. The van der Waals surface area contributed by atoms with E-state index in [4.69, 9.17) is 4.74 Å². The van der Waals surface area contributed by atoms with Crippen LogP contribution in [0.5, 0.6) is 5.75 Å². The summed E-state index contributed by atoms with van der Waals surface area (Å²) in [5.41, 5.74) is 0. The normalized spacial score (nSPS) is 10.8. The van der Waals surface area contributed by atoms with Crippen LogP contribution in [0.1, 0.15) is 16.6 Å². The van der Waals surface area contributed by atoms with E-state index >= 15 is 0 Å². The van der Waals surface area contributed by atoms with Gasteiger partial charge in [0.2, 0.25) is 0 Å². The van der Waals surface area contributed by atoms with Crippen LogP contribution in [0.25, 0.3) is 10.1 Å². The van der Waals surface area contributed by atoms with Crippen LogP contribution in [-0.2, 0) is 0 Å². The molecule has 22 heavy (non-hydrogen) atoms. The summed E-state index contributed by atoms with van der Waals surface area (Å²) in [4.78, 5) is 13.7. The van der Waals surface area contributed by atoms with E-state index in [1.54, 1.807) is 0 Å². The Bertz CT molecular complexity index is 809. The molecule has 3 rings (SSSR count). The first-order valence-corrected chi connectivity index (χ1v) is 8.48. The number of carboxylic acids is 1. The van der Waals surface area contributed by atoms with E-state index in [0.717, 1.165) is 25.6 Å². The zero-order valence-electron chi connectivity index (χ0n) is 11.9. The summed E-state index contributed by atoms with van der Waals surface area (Å²) in [7, 11) is 0. The highest BCUT2D eigenvalue weighted by Crippen LogP contribution is 2.45. The molecular formula is C17H14O3S2. The van der Waals surface area contributed by atoms with Crippen molar-refractivity contribution in [3.63, 3.8) is 0 Å². The molecule has 1 aromatic heterocycles. The average molecular weight is 330 g/mol. The highest BCUT2D eigenvalue weighted by atomic mass is 32.2. The fourth-order valence-corrected chi connectivity index (χ4v) is 4.50. The first-order chi connectivity index (χ1) is 10.7. The van der Waals surface area contributed by atoms with Gasteiger partial charge in [-0.25, -0.2) is 4.79 Å². The van der Waals surface area contributed by atoms with E-state index in [-0.39, 0.29) is 0 Å². The van der Waals surface area contributed by atoms with Gasteiger partial charge >= 0.3 is 5.97 Å². The Morgan fingerprint density at radius 1 is 1.18 bits per heavy atom. The quantitative estimate of drug-likeness (QED) is 0.703. The van der Waals surface area contributed by atoms with Crippen molar-refractivity contribution in [2.75, 3.05) is 6.61 Å². The molecule has 0 saturated heterocycles. The van der Waals surface area contributed by atoms with Crippen LogP contribution in [-0.4, -0.2) is 17.7 Å². The Balaban J connectivity index is 2.20. The summed E-state index contributed by atoms with van der Waals surface area (Å²) in [5, 5.41) is 10.4. The first kappa shape index (κ1) is 14.9. The largest absolute Gasteiger partial charge is 0.493 e. The molecule has 0 aliphatic heterocycles. The molecule has 0 unspecified atom stereocenters. The number of ether oxygens (including phenoxy) is 1. The van der Waals surface area contributed by atoms with E-state index in [1.807, 2.05) is 55.5 Å². The number of hydrogen-bond donors (Lipinski definition) is 1. The van der Waals surface area contributed by atoms with E-state index in [2.05, 4.69) is 0 Å². The van der Waals surface area contributed by atoms with Gasteiger partial charge in [-0.05, 0) is 31.2 Å². The summed E-state index contributed by atoms with van der Waals surface area (Å²) in [5.74, 6) is -0.163. The smallest absolute Gasteiger partial charge is 0.347 e. The molecule has 0 aliphatic rings. The van der Waals surface area contributed by atoms with Gasteiger partial charge in [-0.3, -0.25) is 0 Å². The molecule has 1 heterocycles. The van der Waals surface area contributed by atoms with Gasteiger partial charge < -0.3 is 9.84 Å². The van der Waals surface area contributed by atoms with Crippen molar-refractivity contribution in [3.05, 3.63) is 53.4 Å². The zero-order chi connectivity index (χ0) is 15.5. The van der Waals surface area contributed by atoms with E-state index < -0.39 is 5.97 Å². The number of benzene rings is 2. The Morgan fingerprint density at radius 3 is 2.64 bits per heavy atom. The second-order valence-corrected chi connectivity index (χ2v) is 6.68. The van der Waals surface area contributed by atoms with Gasteiger partial charge in [0.25, 0.3) is 0 Å². The molecule has 0 aliphatic carbocycles. The predicted octanol–water partition coefficient (Wildman–Crippen LogP) is 5.15. The van der Waals surface area contributed by atoms with Gasteiger partial charge in [0, 0.05) is 19.9 Å². The molecule has 1 N–H and O–H groups in total. The molecule has 0 bridgehead atoms. The second-order valence-electron chi connectivity index (χ2n) is 4.54. The maximum absolute atomic E-state index is 11.6. The van der Waals surface area contributed by atoms with Gasteiger partial charge in [0.15, 0.2) is 0 Å². The summed E-state index contributed by atoms with van der Waals surface area (Å²) in [6.45, 7) is 2.47. The Morgan fingerprint density at radius 2 is 1.95 bits per heavy atom. The lowest BCUT2D eigenvalue weighted by Gasteiger charge is -2.07. The topological polar surface area (TPSA) is 46.5 Å². The zero-order valence-corrected chi connectivity index (χ0v) is 13.5. The Kier molecular flexibility index (Phi) is 4.36. The van der Waals surface area contributed by atoms with Crippen LogP contribution in [0.15, 0.2) is 58.3 Å². The molecule has 3 aromatic rings. The van der Waals surface area contributed by atoms with Crippen LogP contribution in [0.3, 0.4) is 0 Å². The van der Waals surface area contributed by atoms with Gasteiger partial charge in [-0.15, -0.1) is 11.3 Å². The number of fused-ring (bicyclic) bond motifs is 1. The fraction of sp³-hybridized carbons (Fsp3) is 0.118. The van der Waals surface area contributed by atoms with Gasteiger partial charge in [-0.1, -0.05) is 36.0 Å². The van der Waals surface area contributed by atoms with Crippen molar-refractivity contribution in [1.29, 1.82) is 0 Å². The van der Waals surface area contributed by atoms with Crippen LogP contribution >= 0.6 is 23.1 Å². The monoisotopic (exact) mass is 330 g/mol. The lowest BCUT2D eigenvalue weighted by molar-refractivity contribution is 0.0699. The minimum Gasteiger partial charge on any atom is -0.493 e. The molecule has 0 amide bonds. The molecule has 0 fully saturated rings. The maximum Gasteiger partial charge on any atom is 0.347 e. The van der Waals surface area contributed by atoms with Gasteiger partial charge in [0.1, 0.15) is 10.6 Å². The van der Waals surface area contributed by atoms with Crippen LogP contribution in [0.2, 0.25) is 0 Å². The predicted molar refractivity (Wildman–Crippen MR) is 90.5 cm³/mol. The second kappa shape index (κ2) is 6.42. The SMILES string of the molecule is CCOc1cccc2sc(C(=O)O)c(Sc3ccccc3)c12. The lowest BCUT2D eigenvalue weighted by atomic mass is 10.2. The van der Waals surface area contributed by atoms with Crippen molar-refractivity contribution in [2.24, 2.45) is 0 Å². The molecule has 2 aromatic carbocycles. The van der Waals surface area contributed by atoms with E-state index in [0.29, 0.717) is 11.5 Å². The highest BCUT2D eigenvalue weighted by molar-refractivity contribution is 7.99. The van der Waals surface area contributed by atoms with Crippen molar-refractivity contribution >= 4 is 39.2 Å². The summed E-state index contributed by atoms with van der Waals surface area (Å²) >= 11 is 2.76. The summed E-state index contributed by atoms with van der Waals surface area (Å²) in [6, 6.07) is 15.5. The van der Waals surface area contributed by atoms with Gasteiger partial charge in [0.05, 0.1) is 6.61 Å². The highest BCUT2D eigenvalue weighted by Gasteiger charge is 2.21. The van der Waals surface area contributed by atoms with Crippen molar-refractivity contribution < 1.29 is 14.6 Å². The van der Waals surface area contributed by atoms with Crippen LogP contribution < -0.4 is 4.74 Å². The number of thiophene rings is 1. The number of carboxylic acid groups (broad SMARTS) is 1. The van der Waals surface area contributed by atoms with Crippen LogP contribution in [0, 0.1) is 0 Å². The van der Waals surface area contributed by atoms with Crippen molar-refractivity contribution in [3.8, 4) is 5.75 Å². The standard InChI is InChI=1S/C17H14O3S2/c1-2-20-12-9-6-10-13-14(12)15(16(22-13)17(18)19)21-11-7-4-3-5-8-11/h3-10H,2H2,1H3,(H,18,19). The minimum absolute atomic E-state index is 0.357.